The third-order valence-electron chi connectivity index (χ3n) is 4.29. The first-order valence-corrected chi connectivity index (χ1v) is 8.98. The van der Waals surface area contributed by atoms with Crippen LogP contribution in [0.1, 0.15) is 77.7 Å². The van der Waals surface area contributed by atoms with Crippen LogP contribution in [0.15, 0.2) is 24.3 Å². The molecule has 1 atom stereocenters. The summed E-state index contributed by atoms with van der Waals surface area (Å²) in [5.74, 6) is -0.172. The zero-order valence-electron chi connectivity index (χ0n) is 14.7. The molecule has 2 heteroatoms. The van der Waals surface area contributed by atoms with Crippen molar-refractivity contribution in [2.45, 2.75) is 84.2 Å². The van der Waals surface area contributed by atoms with E-state index in [1.54, 1.807) is 0 Å². The summed E-state index contributed by atoms with van der Waals surface area (Å²) in [4.78, 5) is 0. The van der Waals surface area contributed by atoms with Gasteiger partial charge in [0.15, 0.2) is 0 Å². The highest BCUT2D eigenvalue weighted by molar-refractivity contribution is 5.18. The zero-order valence-corrected chi connectivity index (χ0v) is 14.7. The van der Waals surface area contributed by atoms with Gasteiger partial charge in [-0.3, -0.25) is 0 Å². The Morgan fingerprint density at radius 2 is 1.50 bits per heavy atom. The molecule has 1 aromatic rings. The van der Waals surface area contributed by atoms with Gasteiger partial charge in [0.2, 0.25) is 0 Å². The zero-order chi connectivity index (χ0) is 16.3. The molecule has 0 radical (unpaired) electrons. The van der Waals surface area contributed by atoms with Gasteiger partial charge in [0.25, 0.3) is 0 Å². The van der Waals surface area contributed by atoms with Crippen molar-refractivity contribution in [2.24, 2.45) is 0 Å². The van der Waals surface area contributed by atoms with Gasteiger partial charge in [0, 0.05) is 13.0 Å². The van der Waals surface area contributed by atoms with Crippen LogP contribution in [0.3, 0.4) is 0 Å². The van der Waals surface area contributed by atoms with Crippen LogP contribution in [0, 0.1) is 5.82 Å². The minimum atomic E-state index is -0.172. The van der Waals surface area contributed by atoms with Crippen LogP contribution in [0.5, 0.6) is 0 Å². The van der Waals surface area contributed by atoms with Gasteiger partial charge in [-0.15, -0.1) is 0 Å². The van der Waals surface area contributed by atoms with Crippen LogP contribution in [0.2, 0.25) is 0 Å². The van der Waals surface area contributed by atoms with E-state index in [9.17, 15) is 4.39 Å². The third kappa shape index (κ3) is 7.93. The second-order valence-electron chi connectivity index (χ2n) is 6.56. The predicted octanol–water partition coefficient (Wildman–Crippen LogP) is 6.30. The smallest absolute Gasteiger partial charge is 0.123 e. The van der Waals surface area contributed by atoms with Gasteiger partial charge in [-0.05, 0) is 38.0 Å². The Morgan fingerprint density at radius 3 is 2.09 bits per heavy atom. The molecule has 0 saturated carbocycles. The molecule has 0 aliphatic carbocycles. The molecule has 1 unspecified atom stereocenters. The molecule has 0 fully saturated rings. The van der Waals surface area contributed by atoms with Gasteiger partial charge in [-0.1, -0.05) is 64.0 Å². The van der Waals surface area contributed by atoms with Gasteiger partial charge in [0.1, 0.15) is 5.82 Å². The van der Waals surface area contributed by atoms with Gasteiger partial charge >= 0.3 is 0 Å². The average Bonchev–Trinajstić information content (AvgIpc) is 2.49. The summed E-state index contributed by atoms with van der Waals surface area (Å²) in [7, 11) is 0. The molecular weight excluding hydrogens is 275 g/mol. The van der Waals surface area contributed by atoms with Crippen LogP contribution >= 0.6 is 0 Å². The van der Waals surface area contributed by atoms with Crippen LogP contribution in [0.25, 0.3) is 0 Å². The summed E-state index contributed by atoms with van der Waals surface area (Å²) in [6.45, 7) is 7.22. The summed E-state index contributed by atoms with van der Waals surface area (Å²) in [6, 6.07) is 6.82. The van der Waals surface area contributed by atoms with Crippen LogP contribution in [-0.4, -0.2) is 12.2 Å². The molecule has 0 aliphatic heterocycles. The van der Waals surface area contributed by atoms with E-state index >= 15 is 0 Å². The second-order valence-corrected chi connectivity index (χ2v) is 6.56. The third-order valence-corrected chi connectivity index (χ3v) is 4.29. The molecule has 126 valence electrons. The van der Waals surface area contributed by atoms with Gasteiger partial charge in [-0.25, -0.2) is 4.39 Å². The van der Waals surface area contributed by atoms with E-state index in [0.29, 0.717) is 0 Å². The Kier molecular flexibility index (Phi) is 9.38. The van der Waals surface area contributed by atoms with E-state index < -0.39 is 0 Å². The molecule has 0 N–H and O–H groups in total. The fraction of sp³-hybridized carbons (Fsp3) is 0.700. The largest absolute Gasteiger partial charge is 0.375 e. The normalized spacial score (nSPS) is 14.0. The van der Waals surface area contributed by atoms with Crippen molar-refractivity contribution in [3.8, 4) is 0 Å². The molecule has 0 bridgehead atoms. The quantitative estimate of drug-likeness (QED) is 0.411. The topological polar surface area (TPSA) is 9.23 Å². The highest BCUT2D eigenvalue weighted by atomic mass is 19.1. The van der Waals surface area contributed by atoms with E-state index in [2.05, 4.69) is 13.8 Å². The summed E-state index contributed by atoms with van der Waals surface area (Å²) >= 11 is 0. The van der Waals surface area contributed by atoms with Crippen molar-refractivity contribution in [1.29, 1.82) is 0 Å². The lowest BCUT2D eigenvalue weighted by Gasteiger charge is -2.30. The Hall–Kier alpha value is -0.890. The maximum atomic E-state index is 13.0. The fourth-order valence-electron chi connectivity index (χ4n) is 3.05. The molecule has 0 aromatic heterocycles. The van der Waals surface area contributed by atoms with E-state index in [-0.39, 0.29) is 11.4 Å². The van der Waals surface area contributed by atoms with Crippen molar-refractivity contribution >= 4 is 0 Å². The number of unbranched alkanes of at least 4 members (excludes halogenated alkanes) is 6. The lowest BCUT2D eigenvalue weighted by molar-refractivity contribution is -0.0322. The molecule has 1 rings (SSSR count). The Labute approximate surface area is 136 Å². The minimum Gasteiger partial charge on any atom is -0.375 e. The summed E-state index contributed by atoms with van der Waals surface area (Å²) < 4.78 is 19.0. The number of rotatable bonds is 12. The van der Waals surface area contributed by atoms with E-state index in [4.69, 9.17) is 4.74 Å². The maximum Gasteiger partial charge on any atom is 0.123 e. The van der Waals surface area contributed by atoms with E-state index in [1.807, 2.05) is 19.1 Å². The first-order chi connectivity index (χ1) is 10.6. The molecule has 0 amide bonds. The highest BCUT2D eigenvalue weighted by Gasteiger charge is 2.24. The van der Waals surface area contributed by atoms with Gasteiger partial charge in [0.05, 0.1) is 5.60 Å². The van der Waals surface area contributed by atoms with E-state index in [0.717, 1.165) is 25.0 Å². The lowest BCUT2D eigenvalue weighted by atomic mass is 9.90. The van der Waals surface area contributed by atoms with Crippen molar-refractivity contribution in [2.75, 3.05) is 6.61 Å². The Balaban J connectivity index is 2.37. The Bertz CT molecular complexity index is 387. The second kappa shape index (κ2) is 10.8. The van der Waals surface area contributed by atoms with Crippen LogP contribution < -0.4 is 0 Å². The standard InChI is InChI=1S/C20H33FO/c1-4-6-7-8-9-10-11-16-20(3,22-5-2)17-18-12-14-19(21)15-13-18/h12-15H,4-11,16-17H2,1-3H3. The molecule has 0 saturated heterocycles. The summed E-state index contributed by atoms with van der Waals surface area (Å²) in [5.41, 5.74) is 1.02. The maximum absolute atomic E-state index is 13.0. The van der Waals surface area contributed by atoms with Crippen molar-refractivity contribution in [3.63, 3.8) is 0 Å². The van der Waals surface area contributed by atoms with Crippen LogP contribution in [0.4, 0.5) is 4.39 Å². The average molecular weight is 308 g/mol. The fourth-order valence-corrected chi connectivity index (χ4v) is 3.05. The number of ether oxygens (including phenoxy) is 1. The number of halogens is 1. The van der Waals surface area contributed by atoms with E-state index in [1.165, 1.54) is 57.1 Å². The Morgan fingerprint density at radius 1 is 0.909 bits per heavy atom. The molecular formula is C20H33FO. The number of hydrogen-bond acceptors (Lipinski definition) is 1. The molecule has 1 nitrogen and oxygen atoms in total. The summed E-state index contributed by atoms with van der Waals surface area (Å²) in [6.07, 6.45) is 11.2. The molecule has 1 aromatic carbocycles. The first-order valence-electron chi connectivity index (χ1n) is 8.98. The van der Waals surface area contributed by atoms with Crippen molar-refractivity contribution in [3.05, 3.63) is 35.6 Å². The first kappa shape index (κ1) is 19.2. The monoisotopic (exact) mass is 308 g/mol. The number of benzene rings is 1. The van der Waals surface area contributed by atoms with Crippen molar-refractivity contribution in [1.82, 2.24) is 0 Å². The summed E-state index contributed by atoms with van der Waals surface area (Å²) in [5, 5.41) is 0. The van der Waals surface area contributed by atoms with Gasteiger partial charge < -0.3 is 4.74 Å². The van der Waals surface area contributed by atoms with Crippen molar-refractivity contribution < 1.29 is 9.13 Å². The minimum absolute atomic E-state index is 0.129. The molecule has 0 heterocycles. The van der Waals surface area contributed by atoms with Crippen LogP contribution in [-0.2, 0) is 11.2 Å². The van der Waals surface area contributed by atoms with Gasteiger partial charge in [-0.2, -0.15) is 0 Å². The molecule has 0 spiro atoms. The highest BCUT2D eigenvalue weighted by Crippen LogP contribution is 2.25. The lowest BCUT2D eigenvalue weighted by Crippen LogP contribution is -2.31. The number of hydrogen-bond donors (Lipinski definition) is 0. The SMILES string of the molecule is CCCCCCCCCC(C)(Cc1ccc(F)cc1)OCC. The molecule has 0 aliphatic rings. The predicted molar refractivity (Wildman–Crippen MR) is 92.7 cm³/mol. The molecule has 22 heavy (non-hydrogen) atoms.